The van der Waals surface area contributed by atoms with E-state index < -0.39 is 0 Å². The van der Waals surface area contributed by atoms with E-state index in [2.05, 4.69) is 267 Å². The molecule has 0 spiro atoms. The molecule has 5 heterocycles. The molecule has 1 aliphatic carbocycles. The summed E-state index contributed by atoms with van der Waals surface area (Å²) in [5, 5.41) is 10.2. The second-order valence-electron chi connectivity index (χ2n) is 27.7. The number of benzene rings is 9. The molecule has 0 fully saturated rings. The van der Waals surface area contributed by atoms with Gasteiger partial charge in [0.25, 0.3) is 0 Å². The average molecular weight is 1460 g/mol. The summed E-state index contributed by atoms with van der Waals surface area (Å²) in [6, 6.07) is 67.1. The topological polar surface area (TPSA) is 114 Å². The number of aliphatic imine (C=N–C) groups is 1. The second kappa shape index (κ2) is 25.7. The fraction of sp³-hybridized carbons (Fsp3) is 0.247. The first-order valence-electron chi connectivity index (χ1n) is 33.7. The van der Waals surface area contributed by atoms with Gasteiger partial charge in [-0.3, -0.25) is 15.0 Å². The van der Waals surface area contributed by atoms with Crippen molar-refractivity contribution in [2.45, 2.75) is 138 Å². The van der Waals surface area contributed by atoms with Gasteiger partial charge in [-0.05, 0) is 161 Å². The smallest absolute Gasteiger partial charge is 0.488 e. The van der Waals surface area contributed by atoms with Crippen LogP contribution >= 0.6 is 11.3 Å². The standard InChI is InChI=1S/C85H76N9OS.Ir/c1-47(2)64-20-15-21-65(48(3)4)80(64)92-75-31-26-55(40-70(75)89-83(92)58-19-14-18-54(36-58)45-86)61-37-62(56-27-32-76-71(41-56)90-84(59-29-34-78-73(43-59)88-53(13)95-78)93(76)81-66(49(5)6)22-16-23-67(81)50(7)8)39-63(38-61)57-28-33-77-72(42-57)91-85(60-30-35-79-74(44-60)87-46-96-79)94(77)82-68(51(9)10)24-17-25-69(82)52(11)12;/h14-18,20-28,31-44,46-52,71,76H,1-13H3;/q-3;+3. The summed E-state index contributed by atoms with van der Waals surface area (Å²) in [5.41, 5.74) is 28.3. The Morgan fingerprint density at radius 3 is 1.56 bits per heavy atom. The van der Waals surface area contributed by atoms with Crippen LogP contribution in [0, 0.1) is 36.5 Å². The number of allylic oxidation sites excluding steroid dienone is 2. The Morgan fingerprint density at radius 2 is 1.02 bits per heavy atom. The third-order valence-electron chi connectivity index (χ3n) is 19.3. The number of oxazole rings is 1. The van der Waals surface area contributed by atoms with Gasteiger partial charge in [0.05, 0.1) is 68.8 Å². The molecule has 1 aliphatic heterocycles. The van der Waals surface area contributed by atoms with Gasteiger partial charge in [-0.2, -0.15) is 16.6 Å². The molecule has 9 aromatic carbocycles. The Kier molecular flexibility index (Phi) is 17.2. The summed E-state index contributed by atoms with van der Waals surface area (Å²) in [6.07, 6.45) is 7.04. The Balaban J connectivity index is 0.00000807. The van der Waals surface area contributed by atoms with Gasteiger partial charge in [-0.25, -0.2) is 4.98 Å². The van der Waals surface area contributed by atoms with Gasteiger partial charge in [0, 0.05) is 29.5 Å². The van der Waals surface area contributed by atoms with Gasteiger partial charge in [-0.15, -0.1) is 77.4 Å². The Hall–Kier alpha value is -9.63. The molecule has 482 valence electrons. The molecule has 2 unspecified atom stereocenters. The van der Waals surface area contributed by atoms with Gasteiger partial charge < -0.3 is 23.4 Å². The number of hydrogen-bond acceptors (Lipinski definition) is 9. The third-order valence-corrected chi connectivity index (χ3v) is 20.1. The number of amidine groups is 1. The fourth-order valence-corrected chi connectivity index (χ4v) is 15.1. The molecule has 13 aromatic rings. The molecule has 2 aliphatic rings. The van der Waals surface area contributed by atoms with E-state index in [1.165, 1.54) is 44.8 Å². The maximum Gasteiger partial charge on any atom is 3.00 e. The van der Waals surface area contributed by atoms with Gasteiger partial charge in [-0.1, -0.05) is 168 Å². The molecule has 10 nitrogen and oxygen atoms in total. The first-order chi connectivity index (χ1) is 46.4. The normalized spacial score (nSPS) is 14.8. The number of imidazole rings is 2. The first kappa shape index (κ1) is 64.7. The number of nitrogens with zero attached hydrogens (tertiary/aromatic N) is 9. The van der Waals surface area contributed by atoms with E-state index in [1.807, 2.05) is 30.6 Å². The Labute approximate surface area is 586 Å². The van der Waals surface area contributed by atoms with Crippen LogP contribution < -0.4 is 4.90 Å². The minimum absolute atomic E-state index is 0. The molecule has 4 aromatic heterocycles. The molecular weight excluding hydrogens is 1390 g/mol. The van der Waals surface area contributed by atoms with Crippen LogP contribution in [0.5, 0.6) is 0 Å². The molecule has 12 heteroatoms. The third kappa shape index (κ3) is 11.5. The average Bonchev–Trinajstić information content (AvgIpc) is 1.64. The number of hydrogen-bond donors (Lipinski definition) is 0. The van der Waals surface area contributed by atoms with Crippen LogP contribution in [0.3, 0.4) is 0 Å². The summed E-state index contributed by atoms with van der Waals surface area (Å²) in [7, 11) is 0. The maximum absolute atomic E-state index is 10.2. The minimum Gasteiger partial charge on any atom is -0.488 e. The van der Waals surface area contributed by atoms with Gasteiger partial charge >= 0.3 is 20.1 Å². The minimum atomic E-state index is -0.251. The van der Waals surface area contributed by atoms with Crippen molar-refractivity contribution in [3.05, 3.63) is 250 Å². The SMILES string of the molecule is Cc1nc2cc(C3=NC4C=C(c5cc(-c6ccc7c(c6)nc(-c6[c-]ccc(C#N)c6)n7-c6c(C(C)C)cccc6C(C)C)cc(-c6ccc7c(c6)nc(-c6[c-]cc8scnc8c6)n7-c6c(C(C)C)cccc6C(C)C)c5)C=CC4N3c3c(C(C)C)cccc3C(C)C)[c-]cc2o1.[Ir+3]. The summed E-state index contributed by atoms with van der Waals surface area (Å²) in [6.45, 7) is 29.1. The van der Waals surface area contributed by atoms with Crippen molar-refractivity contribution < 1.29 is 24.5 Å². The van der Waals surface area contributed by atoms with Gasteiger partial charge in [0.15, 0.2) is 5.89 Å². The molecule has 0 radical (unpaired) electrons. The van der Waals surface area contributed by atoms with E-state index in [-0.39, 0.29) is 67.7 Å². The molecule has 0 N–H and O–H groups in total. The summed E-state index contributed by atoms with van der Waals surface area (Å²) >= 11 is 1.62. The van der Waals surface area contributed by atoms with E-state index >= 15 is 0 Å². The van der Waals surface area contributed by atoms with Crippen molar-refractivity contribution in [2.24, 2.45) is 4.99 Å². The van der Waals surface area contributed by atoms with Crippen LogP contribution in [0.15, 0.2) is 185 Å². The molecule has 15 rings (SSSR count). The van der Waals surface area contributed by atoms with Gasteiger partial charge in [0.2, 0.25) is 0 Å². The van der Waals surface area contributed by atoms with Crippen molar-refractivity contribution in [1.82, 2.24) is 29.1 Å². The zero-order valence-corrected chi connectivity index (χ0v) is 60.2. The number of thiazole rings is 1. The Morgan fingerprint density at radius 1 is 0.515 bits per heavy atom. The van der Waals surface area contributed by atoms with Crippen molar-refractivity contribution in [3.8, 4) is 62.5 Å². The number of anilines is 1. The van der Waals surface area contributed by atoms with Crippen molar-refractivity contribution in [2.75, 3.05) is 4.90 Å². The first-order valence-corrected chi connectivity index (χ1v) is 34.6. The summed E-state index contributed by atoms with van der Waals surface area (Å²) in [5.74, 6) is 4.48. The molecular formula is C85H76IrN9OS. The quantitative estimate of drug-likeness (QED) is 0.0939. The van der Waals surface area contributed by atoms with Crippen molar-refractivity contribution in [3.63, 3.8) is 0 Å². The predicted molar refractivity (Wildman–Crippen MR) is 395 cm³/mol. The Bertz CT molecular complexity index is 5330. The summed E-state index contributed by atoms with van der Waals surface area (Å²) < 4.78 is 11.8. The number of aromatic nitrogens is 6. The second-order valence-corrected chi connectivity index (χ2v) is 28.6. The zero-order chi connectivity index (χ0) is 66.5. The zero-order valence-electron chi connectivity index (χ0n) is 57.0. The molecule has 2 atom stereocenters. The number of fused-ring (bicyclic) bond motifs is 5. The number of aryl methyl sites for hydroxylation is 1. The van der Waals surface area contributed by atoms with E-state index in [1.54, 1.807) is 17.4 Å². The van der Waals surface area contributed by atoms with E-state index in [4.69, 9.17) is 29.3 Å². The van der Waals surface area contributed by atoms with Crippen LogP contribution in [0.1, 0.15) is 175 Å². The van der Waals surface area contributed by atoms with Gasteiger partial charge in [0.1, 0.15) is 0 Å². The summed E-state index contributed by atoms with van der Waals surface area (Å²) in [4.78, 5) is 29.0. The largest absolute Gasteiger partial charge is 3.00 e. The van der Waals surface area contributed by atoms with Crippen LogP contribution in [0.25, 0.3) is 105 Å². The predicted octanol–water partition coefficient (Wildman–Crippen LogP) is 21.8. The van der Waals surface area contributed by atoms with Crippen molar-refractivity contribution in [1.29, 1.82) is 5.26 Å². The van der Waals surface area contributed by atoms with Crippen LogP contribution in [-0.2, 0) is 20.1 Å². The van der Waals surface area contributed by atoms with Crippen molar-refractivity contribution >= 4 is 71.8 Å². The molecule has 0 amide bonds. The number of nitriles is 1. The number of rotatable bonds is 15. The van der Waals surface area contributed by atoms with E-state index in [0.717, 1.165) is 111 Å². The molecule has 97 heavy (non-hydrogen) atoms. The monoisotopic (exact) mass is 1460 g/mol. The van der Waals surface area contributed by atoms with Crippen LogP contribution in [-0.4, -0.2) is 47.0 Å². The number of para-hydroxylation sites is 3. The molecule has 0 saturated heterocycles. The van der Waals surface area contributed by atoms with E-state index in [9.17, 15) is 5.26 Å². The van der Waals surface area contributed by atoms with Crippen LogP contribution in [0.2, 0.25) is 0 Å². The molecule has 0 bridgehead atoms. The maximum atomic E-state index is 10.2. The fourth-order valence-electron chi connectivity index (χ4n) is 14.5. The van der Waals surface area contributed by atoms with E-state index in [0.29, 0.717) is 17.0 Å². The van der Waals surface area contributed by atoms with Crippen LogP contribution in [0.4, 0.5) is 5.69 Å². The molecule has 0 saturated carbocycles.